The summed E-state index contributed by atoms with van der Waals surface area (Å²) in [6, 6.07) is 4.90. The molecular formula is C14H12ClFN4S2. The summed E-state index contributed by atoms with van der Waals surface area (Å²) in [7, 11) is 0. The molecule has 22 heavy (non-hydrogen) atoms. The Labute approximate surface area is 140 Å². The Kier molecular flexibility index (Phi) is 5.66. The molecule has 0 spiro atoms. The van der Waals surface area contributed by atoms with Gasteiger partial charge in [0.05, 0.1) is 22.2 Å². The fraction of sp³-hybridized carbons (Fsp3) is 0.143. The van der Waals surface area contributed by atoms with Crippen molar-refractivity contribution in [3.05, 3.63) is 40.2 Å². The molecule has 0 amide bonds. The predicted molar refractivity (Wildman–Crippen MR) is 90.9 cm³/mol. The van der Waals surface area contributed by atoms with E-state index < -0.39 is 5.82 Å². The summed E-state index contributed by atoms with van der Waals surface area (Å²) in [6.07, 6.45) is 1.49. The number of fused-ring (bicyclic) bond motifs is 1. The highest BCUT2D eigenvalue weighted by atomic mass is 35.5. The monoisotopic (exact) mass is 354 g/mol. The smallest absolute Gasteiger partial charge is 0.172 e. The average molecular weight is 355 g/mol. The summed E-state index contributed by atoms with van der Waals surface area (Å²) in [4.78, 5) is 7.00. The van der Waals surface area contributed by atoms with Crippen molar-refractivity contribution in [1.82, 2.24) is 9.97 Å². The van der Waals surface area contributed by atoms with E-state index in [0.717, 1.165) is 4.34 Å². The minimum absolute atomic E-state index is 0.281. The number of nitrogens with one attached hydrogen (secondary N) is 2. The van der Waals surface area contributed by atoms with Crippen LogP contribution in [0.1, 0.15) is 19.4 Å². The van der Waals surface area contributed by atoms with E-state index in [4.69, 9.17) is 16.9 Å². The number of thiazole rings is 1. The number of benzene rings is 1. The van der Waals surface area contributed by atoms with Gasteiger partial charge in [-0.15, -0.1) is 11.3 Å². The Bertz CT molecular complexity index is 822. The highest BCUT2D eigenvalue weighted by molar-refractivity contribution is 8.02. The zero-order valence-electron chi connectivity index (χ0n) is 11.8. The lowest BCUT2D eigenvalue weighted by molar-refractivity contribution is 0.640. The summed E-state index contributed by atoms with van der Waals surface area (Å²) in [5.41, 5.74) is 1.51. The quantitative estimate of drug-likeness (QED) is 0.615. The number of hydrogen-bond acceptors (Lipinski definition) is 5. The van der Waals surface area contributed by atoms with Crippen molar-refractivity contribution >= 4 is 51.5 Å². The van der Waals surface area contributed by atoms with Crippen molar-refractivity contribution in [3.63, 3.8) is 0 Å². The molecule has 0 bridgehead atoms. The Morgan fingerprint density at radius 1 is 1.45 bits per heavy atom. The summed E-state index contributed by atoms with van der Waals surface area (Å²) >= 11 is 8.43. The minimum Gasteiger partial charge on any atom is -0.358 e. The van der Waals surface area contributed by atoms with Crippen LogP contribution in [0.3, 0.4) is 0 Å². The maximum atomic E-state index is 13.8. The first-order valence-corrected chi connectivity index (χ1v) is 8.50. The van der Waals surface area contributed by atoms with Gasteiger partial charge in [0, 0.05) is 23.5 Å². The van der Waals surface area contributed by atoms with Crippen LogP contribution in [0.4, 0.5) is 10.1 Å². The third-order valence-electron chi connectivity index (χ3n) is 2.61. The van der Waals surface area contributed by atoms with Crippen molar-refractivity contribution in [1.29, 1.82) is 5.26 Å². The lowest BCUT2D eigenvalue weighted by Crippen LogP contribution is -1.89. The van der Waals surface area contributed by atoms with Crippen LogP contribution in [0.2, 0.25) is 5.15 Å². The molecule has 3 rings (SSSR count). The Balaban J connectivity index is 0.000000847. The molecule has 0 atom stereocenters. The van der Waals surface area contributed by atoms with E-state index in [1.165, 1.54) is 35.5 Å². The molecule has 1 aromatic carbocycles. The van der Waals surface area contributed by atoms with Crippen LogP contribution in [-0.4, -0.2) is 9.97 Å². The second-order valence-electron chi connectivity index (χ2n) is 3.80. The molecule has 0 aliphatic rings. The standard InChI is InChI=1S/C12H6ClFN4S2.C2H6/c13-9-5-19-12(17-9)20-18-8-2-1-7(14)10-6(3-15)4-16-11(8)10;1-2/h1-2,4-5,16,18H;1-2H3. The number of nitrogens with zero attached hydrogens (tertiary/aromatic N) is 2. The van der Waals surface area contributed by atoms with Crippen molar-refractivity contribution in [3.8, 4) is 6.07 Å². The van der Waals surface area contributed by atoms with Gasteiger partial charge in [-0.05, 0) is 12.1 Å². The van der Waals surface area contributed by atoms with Gasteiger partial charge >= 0.3 is 0 Å². The molecule has 0 radical (unpaired) electrons. The van der Waals surface area contributed by atoms with Crippen LogP contribution in [0.15, 0.2) is 28.0 Å². The second kappa shape index (κ2) is 7.49. The number of anilines is 1. The van der Waals surface area contributed by atoms with Crippen molar-refractivity contribution in [2.24, 2.45) is 0 Å². The van der Waals surface area contributed by atoms with Crippen LogP contribution in [-0.2, 0) is 0 Å². The Hall–Kier alpha value is -1.75. The molecule has 114 valence electrons. The number of H-pyrrole nitrogens is 1. The molecule has 0 fully saturated rings. The molecule has 2 N–H and O–H groups in total. The molecular weight excluding hydrogens is 343 g/mol. The maximum Gasteiger partial charge on any atom is 0.172 e. The average Bonchev–Trinajstić information content (AvgIpc) is 3.15. The molecule has 2 heterocycles. The largest absolute Gasteiger partial charge is 0.358 e. The maximum absolute atomic E-state index is 13.8. The molecule has 3 aromatic rings. The van der Waals surface area contributed by atoms with E-state index in [1.807, 2.05) is 19.9 Å². The predicted octanol–water partition coefficient (Wildman–Crippen LogP) is 5.43. The first kappa shape index (κ1) is 16.6. The number of nitriles is 1. The topological polar surface area (TPSA) is 64.5 Å². The van der Waals surface area contributed by atoms with Gasteiger partial charge < -0.3 is 9.71 Å². The zero-order valence-corrected chi connectivity index (χ0v) is 14.2. The van der Waals surface area contributed by atoms with Gasteiger partial charge in [0.1, 0.15) is 17.0 Å². The van der Waals surface area contributed by atoms with E-state index in [0.29, 0.717) is 16.4 Å². The van der Waals surface area contributed by atoms with Crippen LogP contribution in [0, 0.1) is 17.1 Å². The molecule has 0 saturated heterocycles. The molecule has 0 aliphatic heterocycles. The number of aromatic amines is 1. The normalized spacial score (nSPS) is 9.95. The van der Waals surface area contributed by atoms with Crippen LogP contribution >= 0.6 is 34.9 Å². The highest BCUT2D eigenvalue weighted by Gasteiger charge is 2.12. The van der Waals surface area contributed by atoms with Gasteiger partial charge in [-0.25, -0.2) is 9.37 Å². The van der Waals surface area contributed by atoms with Crippen LogP contribution in [0.5, 0.6) is 0 Å². The molecule has 0 unspecified atom stereocenters. The highest BCUT2D eigenvalue weighted by Crippen LogP contribution is 2.32. The second-order valence-corrected chi connectivity index (χ2v) is 6.10. The van der Waals surface area contributed by atoms with Gasteiger partial charge in [0.15, 0.2) is 4.34 Å². The number of halogens is 2. The first-order valence-electron chi connectivity index (χ1n) is 6.42. The van der Waals surface area contributed by atoms with E-state index >= 15 is 0 Å². The lowest BCUT2D eigenvalue weighted by atomic mass is 10.1. The summed E-state index contributed by atoms with van der Waals surface area (Å²) < 4.78 is 17.6. The molecule has 0 saturated carbocycles. The van der Waals surface area contributed by atoms with Crippen LogP contribution in [0.25, 0.3) is 10.9 Å². The number of aromatic nitrogens is 2. The van der Waals surface area contributed by atoms with E-state index in [9.17, 15) is 4.39 Å². The third-order valence-corrected chi connectivity index (χ3v) is 4.69. The van der Waals surface area contributed by atoms with Gasteiger partial charge in [-0.1, -0.05) is 25.4 Å². The third kappa shape index (κ3) is 3.35. The van der Waals surface area contributed by atoms with Gasteiger partial charge in [0.25, 0.3) is 0 Å². The summed E-state index contributed by atoms with van der Waals surface area (Å²) in [6.45, 7) is 4.00. The van der Waals surface area contributed by atoms with E-state index in [1.54, 1.807) is 11.4 Å². The van der Waals surface area contributed by atoms with Gasteiger partial charge in [0.2, 0.25) is 0 Å². The van der Waals surface area contributed by atoms with Gasteiger partial charge in [-0.2, -0.15) is 5.26 Å². The number of hydrogen-bond donors (Lipinski definition) is 2. The fourth-order valence-electron chi connectivity index (χ4n) is 1.76. The lowest BCUT2D eigenvalue weighted by Gasteiger charge is -2.05. The molecule has 4 nitrogen and oxygen atoms in total. The zero-order chi connectivity index (χ0) is 16.1. The van der Waals surface area contributed by atoms with Crippen molar-refractivity contribution in [2.75, 3.05) is 4.72 Å². The molecule has 2 aromatic heterocycles. The molecule has 0 aliphatic carbocycles. The summed E-state index contributed by atoms with van der Waals surface area (Å²) in [5, 5.41) is 11.4. The minimum atomic E-state index is -0.425. The summed E-state index contributed by atoms with van der Waals surface area (Å²) in [5.74, 6) is -0.425. The van der Waals surface area contributed by atoms with Crippen molar-refractivity contribution < 1.29 is 4.39 Å². The van der Waals surface area contributed by atoms with E-state index in [-0.39, 0.29) is 10.9 Å². The Morgan fingerprint density at radius 2 is 2.23 bits per heavy atom. The van der Waals surface area contributed by atoms with E-state index in [2.05, 4.69) is 14.7 Å². The van der Waals surface area contributed by atoms with Crippen LogP contribution < -0.4 is 4.72 Å². The number of rotatable bonds is 3. The first-order chi connectivity index (χ1) is 10.7. The molecule has 8 heteroatoms. The Morgan fingerprint density at radius 3 is 2.86 bits per heavy atom. The van der Waals surface area contributed by atoms with Crippen molar-refractivity contribution in [2.45, 2.75) is 18.2 Å². The van der Waals surface area contributed by atoms with Gasteiger partial charge in [-0.3, -0.25) is 0 Å². The SMILES string of the molecule is CC.N#Cc1c[nH]c2c(NSc3nc(Cl)cs3)ccc(F)c12. The fourth-order valence-corrected chi connectivity index (χ4v) is 3.46.